The highest BCUT2D eigenvalue weighted by atomic mass is 32.2. The van der Waals surface area contributed by atoms with E-state index in [-0.39, 0.29) is 16.4 Å². The minimum Gasteiger partial charge on any atom is -0.325 e. The van der Waals surface area contributed by atoms with Crippen LogP contribution in [-0.2, 0) is 11.0 Å². The van der Waals surface area contributed by atoms with E-state index in [2.05, 4.69) is 10.3 Å². The van der Waals surface area contributed by atoms with Gasteiger partial charge in [-0.3, -0.25) is 14.2 Å². The molecule has 1 heterocycles. The van der Waals surface area contributed by atoms with E-state index in [0.717, 1.165) is 29.0 Å². The van der Waals surface area contributed by atoms with Crippen LogP contribution in [0.25, 0.3) is 16.6 Å². The fraction of sp³-hybridized carbons (Fsp3) is 0.192. The summed E-state index contributed by atoms with van der Waals surface area (Å²) in [4.78, 5) is 31.0. The Morgan fingerprint density at radius 3 is 2.43 bits per heavy atom. The molecule has 0 saturated heterocycles. The number of amides is 1. The van der Waals surface area contributed by atoms with Gasteiger partial charge in [0.15, 0.2) is 5.16 Å². The highest BCUT2D eigenvalue weighted by Crippen LogP contribution is 2.35. The summed E-state index contributed by atoms with van der Waals surface area (Å²) >= 11 is 1.01. The lowest BCUT2D eigenvalue weighted by atomic mass is 10.1. The van der Waals surface area contributed by atoms with Gasteiger partial charge in [0.2, 0.25) is 5.91 Å². The van der Waals surface area contributed by atoms with Crippen LogP contribution < -0.4 is 10.9 Å². The smallest absolute Gasteiger partial charge is 0.325 e. The molecule has 0 fully saturated rings. The van der Waals surface area contributed by atoms with Crippen molar-refractivity contribution in [2.24, 2.45) is 0 Å². The number of para-hydroxylation sites is 2. The number of carbonyl (C=O) groups is 1. The third-order valence-electron chi connectivity index (χ3n) is 5.48. The highest BCUT2D eigenvalue weighted by Gasteiger charge is 2.34. The number of alkyl halides is 3. The Bertz CT molecular complexity index is 1480. The van der Waals surface area contributed by atoms with Crippen molar-refractivity contribution in [2.45, 2.75) is 37.4 Å². The van der Waals surface area contributed by atoms with Gasteiger partial charge in [-0.2, -0.15) is 13.2 Å². The number of hydrogen-bond donors (Lipinski definition) is 1. The van der Waals surface area contributed by atoms with Gasteiger partial charge in [0.25, 0.3) is 5.56 Å². The van der Waals surface area contributed by atoms with Gasteiger partial charge in [0, 0.05) is 0 Å². The molecule has 1 amide bonds. The molecule has 35 heavy (non-hydrogen) atoms. The molecule has 9 heteroatoms. The maximum Gasteiger partial charge on any atom is 0.418 e. The fourth-order valence-corrected chi connectivity index (χ4v) is 4.67. The summed E-state index contributed by atoms with van der Waals surface area (Å²) in [7, 11) is 0. The Morgan fingerprint density at radius 2 is 1.71 bits per heavy atom. The largest absolute Gasteiger partial charge is 0.418 e. The third kappa shape index (κ3) is 5.09. The number of carbonyl (C=O) groups excluding carboxylic acids is 1. The molecule has 4 aromatic rings. The maximum absolute atomic E-state index is 13.5. The Labute approximate surface area is 204 Å². The average molecular weight is 498 g/mol. The quantitative estimate of drug-likeness (QED) is 0.266. The van der Waals surface area contributed by atoms with Crippen LogP contribution in [0.2, 0.25) is 0 Å². The normalized spacial score (nSPS) is 12.5. The summed E-state index contributed by atoms with van der Waals surface area (Å²) in [6, 6.07) is 17.3. The number of benzene rings is 3. The lowest BCUT2D eigenvalue weighted by Gasteiger charge is -2.19. The van der Waals surface area contributed by atoms with Crippen LogP contribution in [0.1, 0.15) is 23.6 Å². The van der Waals surface area contributed by atoms with Crippen molar-refractivity contribution in [3.8, 4) is 5.69 Å². The monoisotopic (exact) mass is 497 g/mol. The van der Waals surface area contributed by atoms with E-state index in [1.165, 1.54) is 22.8 Å². The van der Waals surface area contributed by atoms with Crippen LogP contribution in [0.5, 0.6) is 0 Å². The number of anilines is 1. The number of aryl methyl sites for hydroxylation is 2. The summed E-state index contributed by atoms with van der Waals surface area (Å²) in [6.45, 7) is 5.38. The van der Waals surface area contributed by atoms with E-state index in [0.29, 0.717) is 16.6 Å². The molecule has 0 aliphatic heterocycles. The second kappa shape index (κ2) is 9.58. The number of hydrogen-bond acceptors (Lipinski definition) is 4. The number of aromatic nitrogens is 2. The number of nitrogens with one attached hydrogen (secondary N) is 1. The molecule has 4 rings (SSSR count). The van der Waals surface area contributed by atoms with Crippen molar-refractivity contribution in [1.82, 2.24) is 9.55 Å². The van der Waals surface area contributed by atoms with E-state index in [1.807, 2.05) is 32.0 Å². The second-order valence-corrected chi connectivity index (χ2v) is 9.44. The Morgan fingerprint density at radius 1 is 1.03 bits per heavy atom. The van der Waals surface area contributed by atoms with E-state index in [1.54, 1.807) is 31.2 Å². The minimum atomic E-state index is -4.61. The molecule has 3 aromatic carbocycles. The Hall–Kier alpha value is -3.59. The number of fused-ring (bicyclic) bond motifs is 1. The van der Waals surface area contributed by atoms with Crippen molar-refractivity contribution in [2.75, 3.05) is 5.32 Å². The second-order valence-electron chi connectivity index (χ2n) is 8.13. The molecule has 1 aromatic heterocycles. The lowest BCUT2D eigenvalue weighted by Crippen LogP contribution is -2.27. The molecular formula is C26H22F3N3O2S. The van der Waals surface area contributed by atoms with Gasteiger partial charge < -0.3 is 5.32 Å². The van der Waals surface area contributed by atoms with Crippen molar-refractivity contribution in [3.05, 3.63) is 93.8 Å². The van der Waals surface area contributed by atoms with Crippen molar-refractivity contribution in [3.63, 3.8) is 0 Å². The topological polar surface area (TPSA) is 64.0 Å². The summed E-state index contributed by atoms with van der Waals surface area (Å²) in [5, 5.41) is 2.22. The third-order valence-corrected chi connectivity index (χ3v) is 6.53. The first-order chi connectivity index (χ1) is 16.6. The first-order valence-corrected chi connectivity index (χ1v) is 11.7. The van der Waals surface area contributed by atoms with Gasteiger partial charge in [0.05, 0.1) is 33.1 Å². The van der Waals surface area contributed by atoms with Crippen LogP contribution in [0.15, 0.2) is 76.7 Å². The fourth-order valence-electron chi connectivity index (χ4n) is 3.75. The molecule has 1 unspecified atom stereocenters. The molecule has 0 spiro atoms. The van der Waals surface area contributed by atoms with Crippen molar-refractivity contribution in [1.29, 1.82) is 0 Å². The first-order valence-electron chi connectivity index (χ1n) is 10.8. The summed E-state index contributed by atoms with van der Waals surface area (Å²) in [5.74, 6) is -0.638. The van der Waals surface area contributed by atoms with E-state index >= 15 is 0 Å². The summed E-state index contributed by atoms with van der Waals surface area (Å²) in [5.41, 5.74) is 1.42. The van der Waals surface area contributed by atoms with Gasteiger partial charge in [-0.1, -0.05) is 53.7 Å². The number of thioether (sulfide) groups is 1. The molecule has 1 atom stereocenters. The number of nitrogens with zero attached hydrogens (tertiary/aromatic N) is 2. The van der Waals surface area contributed by atoms with Crippen LogP contribution in [0.4, 0.5) is 18.9 Å². The molecule has 0 aliphatic carbocycles. The predicted molar refractivity (Wildman–Crippen MR) is 132 cm³/mol. The molecule has 180 valence electrons. The zero-order chi connectivity index (χ0) is 25.3. The predicted octanol–water partition coefficient (Wildman–Crippen LogP) is 6.14. The minimum absolute atomic E-state index is 0.271. The molecular weight excluding hydrogens is 475 g/mol. The Kier molecular flexibility index (Phi) is 6.71. The lowest BCUT2D eigenvalue weighted by molar-refractivity contribution is -0.137. The van der Waals surface area contributed by atoms with Crippen LogP contribution in [0, 0.1) is 13.8 Å². The van der Waals surface area contributed by atoms with Gasteiger partial charge >= 0.3 is 6.18 Å². The van der Waals surface area contributed by atoms with Gasteiger partial charge in [0.1, 0.15) is 0 Å². The number of halogens is 3. The zero-order valence-corrected chi connectivity index (χ0v) is 20.0. The molecule has 1 N–H and O–H groups in total. The maximum atomic E-state index is 13.5. The van der Waals surface area contributed by atoms with E-state index in [9.17, 15) is 22.8 Å². The first kappa shape index (κ1) is 24.5. The van der Waals surface area contributed by atoms with Crippen molar-refractivity contribution >= 4 is 34.3 Å². The van der Waals surface area contributed by atoms with E-state index in [4.69, 9.17) is 0 Å². The van der Waals surface area contributed by atoms with Crippen molar-refractivity contribution < 1.29 is 18.0 Å². The molecule has 5 nitrogen and oxygen atoms in total. The SMILES string of the molecule is Cc1ccc(-n2c(SC(C)C(=O)Nc3ccccc3C(F)(F)F)nc3ccccc3c2=O)c(C)c1. The van der Waals surface area contributed by atoms with Crippen LogP contribution in [0.3, 0.4) is 0 Å². The average Bonchev–Trinajstić information content (AvgIpc) is 2.80. The molecule has 0 bridgehead atoms. The zero-order valence-electron chi connectivity index (χ0n) is 19.2. The Balaban J connectivity index is 1.74. The van der Waals surface area contributed by atoms with Gasteiger partial charge in [-0.05, 0) is 56.7 Å². The molecule has 0 saturated carbocycles. The van der Waals surface area contributed by atoms with Gasteiger partial charge in [-0.25, -0.2) is 4.98 Å². The molecule has 0 radical (unpaired) electrons. The molecule has 0 aliphatic rings. The number of rotatable bonds is 5. The van der Waals surface area contributed by atoms with Crippen LogP contribution >= 0.6 is 11.8 Å². The van der Waals surface area contributed by atoms with E-state index < -0.39 is 22.9 Å². The summed E-state index contributed by atoms with van der Waals surface area (Å²) in [6.07, 6.45) is -4.61. The highest BCUT2D eigenvalue weighted by molar-refractivity contribution is 8.00. The standard InChI is InChI=1S/C26H22F3N3O2S/c1-15-12-13-22(16(2)14-15)32-24(34)18-8-4-6-10-20(18)31-25(32)35-17(3)23(33)30-21-11-7-5-9-19(21)26(27,28)29/h4-14,17H,1-3H3,(H,30,33). The summed E-state index contributed by atoms with van der Waals surface area (Å²) < 4.78 is 41.5. The van der Waals surface area contributed by atoms with Gasteiger partial charge in [-0.15, -0.1) is 0 Å². The van der Waals surface area contributed by atoms with Crippen LogP contribution in [-0.4, -0.2) is 20.7 Å².